The molecule has 0 spiro atoms. The molecule has 0 amide bonds. The van der Waals surface area contributed by atoms with Gasteiger partial charge in [-0.1, -0.05) is 6.92 Å². The van der Waals surface area contributed by atoms with E-state index in [1.165, 1.54) is 4.31 Å². The van der Waals surface area contributed by atoms with Gasteiger partial charge in [-0.3, -0.25) is 0 Å². The van der Waals surface area contributed by atoms with Gasteiger partial charge >= 0.3 is 0 Å². The van der Waals surface area contributed by atoms with Gasteiger partial charge in [0, 0.05) is 45.2 Å². The largest absolute Gasteiger partial charge is 0.490 e. The number of sulfonamides is 1. The van der Waals surface area contributed by atoms with Crippen molar-refractivity contribution >= 4 is 27.4 Å². The van der Waals surface area contributed by atoms with Crippen LogP contribution in [0.15, 0.2) is 23.1 Å². The number of ether oxygens (including phenoxy) is 2. The highest BCUT2D eigenvalue weighted by Crippen LogP contribution is 2.33. The molecule has 0 aromatic heterocycles. The number of nitrogens with zero attached hydrogens (tertiary/aromatic N) is 2. The molecule has 1 aromatic carbocycles. The van der Waals surface area contributed by atoms with Crippen LogP contribution in [0, 0.1) is 0 Å². The van der Waals surface area contributed by atoms with E-state index in [1.807, 2.05) is 4.90 Å². The molecule has 2 aliphatic rings. The van der Waals surface area contributed by atoms with Crippen LogP contribution in [0.2, 0.25) is 0 Å². The van der Waals surface area contributed by atoms with Crippen LogP contribution >= 0.6 is 12.2 Å². The maximum absolute atomic E-state index is 13.0. The Hall–Kier alpha value is -1.58. The van der Waals surface area contributed by atoms with Crippen LogP contribution in [0.3, 0.4) is 0 Å². The second kappa shape index (κ2) is 8.41. The highest BCUT2D eigenvalue weighted by molar-refractivity contribution is 7.89. The minimum Gasteiger partial charge on any atom is -0.490 e. The summed E-state index contributed by atoms with van der Waals surface area (Å²) in [6.07, 6.45) is 1.78. The van der Waals surface area contributed by atoms with Gasteiger partial charge in [-0.25, -0.2) is 8.42 Å². The smallest absolute Gasteiger partial charge is 0.243 e. The molecule has 0 unspecified atom stereocenters. The van der Waals surface area contributed by atoms with Crippen LogP contribution in [0.5, 0.6) is 11.5 Å². The molecule has 0 saturated carbocycles. The van der Waals surface area contributed by atoms with Gasteiger partial charge in [0.15, 0.2) is 16.6 Å². The third kappa shape index (κ3) is 4.21. The summed E-state index contributed by atoms with van der Waals surface area (Å²) in [6, 6.07) is 4.83. The van der Waals surface area contributed by atoms with Gasteiger partial charge < -0.3 is 19.7 Å². The maximum atomic E-state index is 13.0. The number of piperazine rings is 1. The van der Waals surface area contributed by atoms with Crippen LogP contribution in [-0.2, 0) is 10.0 Å². The first-order valence-corrected chi connectivity index (χ1v) is 10.8. The normalized spacial score (nSPS) is 18.3. The van der Waals surface area contributed by atoms with Crippen LogP contribution in [0.1, 0.15) is 19.8 Å². The van der Waals surface area contributed by atoms with Crippen LogP contribution in [0.4, 0.5) is 0 Å². The Morgan fingerprint density at radius 3 is 2.54 bits per heavy atom. The van der Waals surface area contributed by atoms with E-state index in [0.717, 1.165) is 19.4 Å². The highest BCUT2D eigenvalue weighted by atomic mass is 32.2. The molecule has 0 bridgehead atoms. The molecule has 1 aromatic rings. The van der Waals surface area contributed by atoms with Gasteiger partial charge in [0.1, 0.15) is 0 Å². The van der Waals surface area contributed by atoms with E-state index in [-0.39, 0.29) is 4.90 Å². The zero-order valence-corrected chi connectivity index (χ0v) is 16.6. The number of nitrogens with one attached hydrogen (secondary N) is 1. The Bertz CT molecular complexity index is 746. The molecule has 7 nitrogen and oxygen atoms in total. The average molecular weight is 400 g/mol. The van der Waals surface area contributed by atoms with Crippen LogP contribution in [0.25, 0.3) is 0 Å². The Morgan fingerprint density at radius 1 is 1.15 bits per heavy atom. The lowest BCUT2D eigenvalue weighted by Gasteiger charge is -2.35. The second-order valence-corrected chi connectivity index (χ2v) is 8.61. The summed E-state index contributed by atoms with van der Waals surface area (Å²) < 4.78 is 38.6. The fourth-order valence-corrected chi connectivity index (χ4v) is 4.65. The molecular formula is C17H25N3O4S2. The first kappa shape index (κ1) is 19.2. The molecule has 2 aliphatic heterocycles. The zero-order chi connectivity index (χ0) is 18.6. The highest BCUT2D eigenvalue weighted by Gasteiger charge is 2.30. The van der Waals surface area contributed by atoms with E-state index in [4.69, 9.17) is 21.7 Å². The predicted octanol–water partition coefficient (Wildman–Crippen LogP) is 1.44. The summed E-state index contributed by atoms with van der Waals surface area (Å²) in [4.78, 5) is 2.26. The Kier molecular flexibility index (Phi) is 6.20. The molecule has 1 fully saturated rings. The molecule has 1 saturated heterocycles. The Morgan fingerprint density at radius 2 is 1.85 bits per heavy atom. The number of fused-ring (bicyclic) bond motifs is 1. The Labute approximate surface area is 160 Å². The summed E-state index contributed by atoms with van der Waals surface area (Å²) in [6.45, 7) is 5.99. The topological polar surface area (TPSA) is 71.1 Å². The molecule has 0 aliphatic carbocycles. The van der Waals surface area contributed by atoms with Gasteiger partial charge in [-0.2, -0.15) is 4.31 Å². The molecule has 9 heteroatoms. The van der Waals surface area contributed by atoms with Gasteiger partial charge in [-0.05, 0) is 30.8 Å². The van der Waals surface area contributed by atoms with E-state index in [1.54, 1.807) is 18.2 Å². The van der Waals surface area contributed by atoms with Crippen molar-refractivity contribution in [2.75, 3.05) is 45.9 Å². The number of hydrogen-bond acceptors (Lipinski definition) is 5. The van der Waals surface area contributed by atoms with Crippen molar-refractivity contribution in [3.8, 4) is 11.5 Å². The molecule has 2 heterocycles. The van der Waals surface area contributed by atoms with E-state index < -0.39 is 10.0 Å². The maximum Gasteiger partial charge on any atom is 0.243 e. The number of thiocarbonyl (C=S) groups is 1. The lowest BCUT2D eigenvalue weighted by Crippen LogP contribution is -2.53. The molecule has 0 radical (unpaired) electrons. The molecular weight excluding hydrogens is 374 g/mol. The predicted molar refractivity (Wildman–Crippen MR) is 103 cm³/mol. The first-order valence-electron chi connectivity index (χ1n) is 8.95. The fraction of sp³-hybridized carbons (Fsp3) is 0.588. The van der Waals surface area contributed by atoms with Crippen molar-refractivity contribution in [1.29, 1.82) is 0 Å². The third-order valence-electron chi connectivity index (χ3n) is 4.41. The first-order chi connectivity index (χ1) is 12.5. The van der Waals surface area contributed by atoms with Crippen molar-refractivity contribution in [3.63, 3.8) is 0 Å². The lowest BCUT2D eigenvalue weighted by atomic mass is 10.3. The lowest BCUT2D eigenvalue weighted by molar-refractivity contribution is 0.264. The van der Waals surface area contributed by atoms with Crippen LogP contribution in [-0.4, -0.2) is 68.7 Å². The van der Waals surface area contributed by atoms with Gasteiger partial charge in [0.2, 0.25) is 10.0 Å². The minimum absolute atomic E-state index is 0.238. The number of hydrogen-bond donors (Lipinski definition) is 1. The monoisotopic (exact) mass is 399 g/mol. The van der Waals surface area contributed by atoms with Crippen molar-refractivity contribution in [2.24, 2.45) is 0 Å². The molecule has 144 valence electrons. The summed E-state index contributed by atoms with van der Waals surface area (Å²) in [5.74, 6) is 1.09. The fourth-order valence-electron chi connectivity index (χ4n) is 2.93. The van der Waals surface area contributed by atoms with Crippen LogP contribution < -0.4 is 14.8 Å². The second-order valence-electron chi connectivity index (χ2n) is 6.28. The molecule has 0 atom stereocenters. The quantitative estimate of drug-likeness (QED) is 0.768. The number of rotatable bonds is 4. The van der Waals surface area contributed by atoms with Crippen molar-refractivity contribution in [3.05, 3.63) is 18.2 Å². The van der Waals surface area contributed by atoms with E-state index in [0.29, 0.717) is 56.0 Å². The number of benzene rings is 1. The van der Waals surface area contributed by atoms with Gasteiger partial charge in [0.25, 0.3) is 0 Å². The molecule has 26 heavy (non-hydrogen) atoms. The zero-order valence-electron chi connectivity index (χ0n) is 14.9. The SMILES string of the molecule is CCCNC(=S)N1CCN(S(=O)(=O)c2ccc3c(c2)OCCCO3)CC1. The summed E-state index contributed by atoms with van der Waals surface area (Å²) in [7, 11) is -3.57. The van der Waals surface area contributed by atoms with Crippen molar-refractivity contribution in [1.82, 2.24) is 14.5 Å². The minimum atomic E-state index is -3.57. The van der Waals surface area contributed by atoms with E-state index in [2.05, 4.69) is 12.2 Å². The standard InChI is InChI=1S/C17H25N3O4S2/c1-2-6-18-17(25)19-7-9-20(10-8-19)26(21,22)14-4-5-15-16(13-14)24-12-3-11-23-15/h4-5,13H,2-3,6-12H2,1H3,(H,18,25). The average Bonchev–Trinajstić information content (AvgIpc) is 2.91. The van der Waals surface area contributed by atoms with E-state index in [9.17, 15) is 8.42 Å². The molecule has 3 rings (SSSR count). The summed E-state index contributed by atoms with van der Waals surface area (Å²) in [5, 5.41) is 3.88. The summed E-state index contributed by atoms with van der Waals surface area (Å²) in [5.41, 5.74) is 0. The summed E-state index contributed by atoms with van der Waals surface area (Å²) >= 11 is 5.36. The van der Waals surface area contributed by atoms with Crippen molar-refractivity contribution < 1.29 is 17.9 Å². The van der Waals surface area contributed by atoms with E-state index >= 15 is 0 Å². The molecule has 1 N–H and O–H groups in total. The van der Waals surface area contributed by atoms with Gasteiger partial charge in [-0.15, -0.1) is 0 Å². The van der Waals surface area contributed by atoms with Crippen molar-refractivity contribution in [2.45, 2.75) is 24.7 Å². The third-order valence-corrected chi connectivity index (χ3v) is 6.71. The Balaban J connectivity index is 1.68. The van der Waals surface area contributed by atoms with Gasteiger partial charge in [0.05, 0.1) is 18.1 Å².